The highest BCUT2D eigenvalue weighted by atomic mass is 15.2. The molecule has 1 heterocycles. The third-order valence-electron chi connectivity index (χ3n) is 9.20. The van der Waals surface area contributed by atoms with E-state index in [9.17, 15) is 0 Å². The van der Waals surface area contributed by atoms with E-state index in [2.05, 4.69) is 170 Å². The van der Waals surface area contributed by atoms with Gasteiger partial charge in [0, 0.05) is 22.5 Å². The predicted octanol–water partition coefficient (Wildman–Crippen LogP) is 12.0. The van der Waals surface area contributed by atoms with Gasteiger partial charge in [-0.15, -0.1) is 0 Å². The average molecular weight is 579 g/mol. The number of para-hydroxylation sites is 3. The van der Waals surface area contributed by atoms with Crippen molar-refractivity contribution in [3.8, 4) is 22.3 Å². The van der Waals surface area contributed by atoms with E-state index in [0.29, 0.717) is 0 Å². The summed E-state index contributed by atoms with van der Waals surface area (Å²) in [6.07, 6.45) is 0. The Hall–Kier alpha value is -5.60. The topological polar surface area (TPSA) is 15.3 Å². The molecule has 2 nitrogen and oxygen atoms in total. The monoisotopic (exact) mass is 578 g/mol. The van der Waals surface area contributed by atoms with Gasteiger partial charge < -0.3 is 10.2 Å². The minimum absolute atomic E-state index is 0.130. The zero-order valence-electron chi connectivity index (χ0n) is 25.5. The first-order valence-corrected chi connectivity index (χ1v) is 15.6. The molecule has 0 saturated heterocycles. The van der Waals surface area contributed by atoms with Crippen molar-refractivity contribution in [2.45, 2.75) is 19.3 Å². The van der Waals surface area contributed by atoms with Crippen molar-refractivity contribution >= 4 is 39.2 Å². The molecule has 0 saturated carbocycles. The molecule has 0 atom stereocenters. The molecule has 0 spiro atoms. The van der Waals surface area contributed by atoms with Crippen molar-refractivity contribution in [1.29, 1.82) is 0 Å². The lowest BCUT2D eigenvalue weighted by atomic mass is 9.73. The number of anilines is 5. The molecular weight excluding hydrogens is 544 g/mol. The maximum Gasteiger partial charge on any atom is 0.0503 e. The predicted molar refractivity (Wildman–Crippen MR) is 191 cm³/mol. The molecule has 45 heavy (non-hydrogen) atoms. The molecular formula is C43H34N2. The molecule has 0 fully saturated rings. The van der Waals surface area contributed by atoms with Crippen LogP contribution < -0.4 is 10.2 Å². The van der Waals surface area contributed by atoms with Gasteiger partial charge in [0.05, 0.1) is 11.4 Å². The summed E-state index contributed by atoms with van der Waals surface area (Å²) in [6.45, 7) is 4.70. The molecule has 0 radical (unpaired) electrons. The molecule has 1 aliphatic rings. The minimum Gasteiger partial charge on any atom is -0.356 e. The van der Waals surface area contributed by atoms with Crippen molar-refractivity contribution in [2.24, 2.45) is 0 Å². The van der Waals surface area contributed by atoms with Crippen molar-refractivity contribution in [2.75, 3.05) is 10.2 Å². The zero-order chi connectivity index (χ0) is 30.4. The van der Waals surface area contributed by atoms with Crippen LogP contribution in [0, 0.1) is 0 Å². The largest absolute Gasteiger partial charge is 0.356 e. The summed E-state index contributed by atoms with van der Waals surface area (Å²) in [7, 11) is 0. The van der Waals surface area contributed by atoms with Crippen LogP contribution in [0.4, 0.5) is 28.4 Å². The van der Waals surface area contributed by atoms with Crippen LogP contribution in [0.2, 0.25) is 0 Å². The lowest BCUT2D eigenvalue weighted by Gasteiger charge is -2.42. The Morgan fingerprint density at radius 1 is 0.422 bits per heavy atom. The van der Waals surface area contributed by atoms with E-state index in [0.717, 1.165) is 11.4 Å². The summed E-state index contributed by atoms with van der Waals surface area (Å²) in [5.41, 5.74) is 13.3. The van der Waals surface area contributed by atoms with Gasteiger partial charge in [-0.05, 0) is 105 Å². The molecule has 1 aliphatic heterocycles. The van der Waals surface area contributed by atoms with E-state index < -0.39 is 0 Å². The number of hydrogen-bond acceptors (Lipinski definition) is 2. The summed E-state index contributed by atoms with van der Waals surface area (Å²) in [4.78, 5) is 2.41. The Morgan fingerprint density at radius 2 is 0.978 bits per heavy atom. The maximum absolute atomic E-state index is 3.50. The third-order valence-corrected chi connectivity index (χ3v) is 9.20. The lowest BCUT2D eigenvalue weighted by molar-refractivity contribution is 0.632. The van der Waals surface area contributed by atoms with Crippen LogP contribution in [0.25, 0.3) is 33.0 Å². The van der Waals surface area contributed by atoms with Gasteiger partial charge in [-0.25, -0.2) is 0 Å². The normalized spacial score (nSPS) is 13.2. The molecule has 0 unspecified atom stereocenters. The Labute approximate surface area is 265 Å². The summed E-state index contributed by atoms with van der Waals surface area (Å²) >= 11 is 0. The molecule has 1 N–H and O–H groups in total. The number of benzene rings is 7. The molecule has 0 aromatic heterocycles. The summed E-state index contributed by atoms with van der Waals surface area (Å²) in [5, 5.41) is 5.95. The van der Waals surface area contributed by atoms with Gasteiger partial charge in [0.25, 0.3) is 0 Å². The van der Waals surface area contributed by atoms with E-state index in [1.54, 1.807) is 0 Å². The fraction of sp³-hybridized carbons (Fsp3) is 0.0698. The van der Waals surface area contributed by atoms with Crippen LogP contribution in [0.1, 0.15) is 25.0 Å². The van der Waals surface area contributed by atoms with Gasteiger partial charge in [0.1, 0.15) is 0 Å². The fourth-order valence-corrected chi connectivity index (χ4v) is 6.78. The second-order valence-electron chi connectivity index (χ2n) is 12.4. The Balaban J connectivity index is 1.11. The summed E-state index contributed by atoms with van der Waals surface area (Å²) in [6, 6.07) is 59.1. The van der Waals surface area contributed by atoms with Crippen molar-refractivity contribution in [1.82, 2.24) is 0 Å². The lowest BCUT2D eigenvalue weighted by Crippen LogP contribution is -2.30. The van der Waals surface area contributed by atoms with Gasteiger partial charge >= 0.3 is 0 Å². The van der Waals surface area contributed by atoms with Crippen molar-refractivity contribution in [3.63, 3.8) is 0 Å². The highest BCUT2D eigenvalue weighted by molar-refractivity contribution is 5.91. The molecule has 2 heteroatoms. The molecule has 8 rings (SSSR count). The van der Waals surface area contributed by atoms with Gasteiger partial charge in [-0.2, -0.15) is 0 Å². The first-order valence-electron chi connectivity index (χ1n) is 15.6. The summed E-state index contributed by atoms with van der Waals surface area (Å²) < 4.78 is 0. The van der Waals surface area contributed by atoms with Crippen LogP contribution in [0.15, 0.2) is 164 Å². The van der Waals surface area contributed by atoms with Gasteiger partial charge in [-0.3, -0.25) is 0 Å². The van der Waals surface area contributed by atoms with Crippen molar-refractivity contribution < 1.29 is 0 Å². The number of hydrogen-bond donors (Lipinski definition) is 1. The molecule has 0 amide bonds. The Bertz CT molecular complexity index is 2150. The van der Waals surface area contributed by atoms with Crippen LogP contribution >= 0.6 is 0 Å². The Kier molecular flexibility index (Phi) is 6.50. The zero-order valence-corrected chi connectivity index (χ0v) is 25.5. The average Bonchev–Trinajstić information content (AvgIpc) is 3.09. The van der Waals surface area contributed by atoms with Crippen LogP contribution in [0.3, 0.4) is 0 Å². The highest BCUT2D eigenvalue weighted by Crippen LogP contribution is 2.52. The van der Waals surface area contributed by atoms with Crippen LogP contribution in [-0.4, -0.2) is 0 Å². The molecule has 0 aliphatic carbocycles. The first-order chi connectivity index (χ1) is 22.0. The number of fused-ring (bicyclic) bond motifs is 3. The third kappa shape index (κ3) is 4.85. The molecule has 7 aromatic rings. The molecule has 0 bridgehead atoms. The number of nitrogens with one attached hydrogen (secondary N) is 1. The minimum atomic E-state index is -0.130. The van der Waals surface area contributed by atoms with Gasteiger partial charge in [0.15, 0.2) is 0 Å². The van der Waals surface area contributed by atoms with Crippen LogP contribution in [0.5, 0.6) is 0 Å². The van der Waals surface area contributed by atoms with E-state index in [4.69, 9.17) is 0 Å². The Morgan fingerprint density at radius 3 is 1.73 bits per heavy atom. The van der Waals surface area contributed by atoms with Gasteiger partial charge in [0.2, 0.25) is 0 Å². The van der Waals surface area contributed by atoms with Crippen molar-refractivity contribution in [3.05, 3.63) is 175 Å². The van der Waals surface area contributed by atoms with E-state index >= 15 is 0 Å². The quantitative estimate of drug-likeness (QED) is 0.219. The molecule has 216 valence electrons. The van der Waals surface area contributed by atoms with Gasteiger partial charge in [-0.1, -0.05) is 117 Å². The first kappa shape index (κ1) is 27.0. The van der Waals surface area contributed by atoms with E-state index in [1.807, 2.05) is 18.2 Å². The number of nitrogens with zero attached hydrogens (tertiary/aromatic N) is 1. The maximum atomic E-state index is 3.50. The summed E-state index contributed by atoms with van der Waals surface area (Å²) in [5.74, 6) is 0. The fourth-order valence-electron chi connectivity index (χ4n) is 6.78. The van der Waals surface area contributed by atoms with E-state index in [1.165, 1.54) is 61.2 Å². The smallest absolute Gasteiger partial charge is 0.0503 e. The van der Waals surface area contributed by atoms with Crippen LogP contribution in [-0.2, 0) is 5.41 Å². The second kappa shape index (κ2) is 10.8. The SMILES string of the molecule is CC1(C)c2ccccc2N(c2ccccc2)c2ccc(-c3ccc(-c4ccc5cc(Nc6ccccc6)ccc5c4)cc3)cc21. The second-order valence-corrected chi connectivity index (χ2v) is 12.4. The highest BCUT2D eigenvalue weighted by Gasteiger charge is 2.36. The number of rotatable bonds is 5. The molecule has 7 aromatic carbocycles. The standard InChI is InChI=1S/C43H34N2/c1-43(2)39-15-9-10-16-41(39)45(38-13-7-4-8-14-38)42-26-24-35(29-40(42)43)31-19-17-30(18-20-31)32-21-22-34-28-37(25-23-33(34)27-32)44-36-11-5-3-6-12-36/h3-29,44H,1-2H3. The van der Waals surface area contributed by atoms with E-state index in [-0.39, 0.29) is 5.41 Å².